The Balaban J connectivity index is 2.04. The molecule has 0 saturated carbocycles. The molecule has 0 aliphatic rings. The van der Waals surface area contributed by atoms with E-state index in [9.17, 15) is 9.59 Å². The highest BCUT2D eigenvalue weighted by Gasteiger charge is 2.22. The van der Waals surface area contributed by atoms with Crippen LogP contribution in [0.15, 0.2) is 30.5 Å². The number of hydrogen-bond donors (Lipinski definition) is 0. The van der Waals surface area contributed by atoms with Crippen LogP contribution in [0, 0.1) is 6.92 Å². The summed E-state index contributed by atoms with van der Waals surface area (Å²) in [5, 5.41) is 8.86. The van der Waals surface area contributed by atoms with Crippen molar-refractivity contribution in [3.63, 3.8) is 0 Å². The number of carbonyl (C=O) groups excluding carboxylic acids is 2. The van der Waals surface area contributed by atoms with E-state index in [0.717, 1.165) is 22.3 Å². The predicted octanol–water partition coefficient (Wildman–Crippen LogP) is 3.47. The van der Waals surface area contributed by atoms with Crippen LogP contribution >= 0.6 is 0 Å². The molecule has 9 heteroatoms. The highest BCUT2D eigenvalue weighted by Crippen LogP contribution is 2.32. The lowest BCUT2D eigenvalue weighted by Gasteiger charge is -2.11. The summed E-state index contributed by atoms with van der Waals surface area (Å²) in [5.41, 5.74) is 4.35. The number of methoxy groups -OCH3 is 1. The number of fused-ring (bicyclic) bond motifs is 3. The number of hydrogen-bond acceptors (Lipinski definition) is 7. The number of aromatic nitrogens is 5. The summed E-state index contributed by atoms with van der Waals surface area (Å²) in [7, 11) is 3.11. The van der Waals surface area contributed by atoms with Crippen LogP contribution in [-0.2, 0) is 16.5 Å². The van der Waals surface area contributed by atoms with E-state index in [4.69, 9.17) is 9.47 Å². The first-order chi connectivity index (χ1) is 14.3. The highest BCUT2D eigenvalue weighted by molar-refractivity contribution is 6.12. The molecule has 3 heterocycles. The average Bonchev–Trinajstić information content (AvgIpc) is 3.22. The van der Waals surface area contributed by atoms with E-state index in [1.807, 2.05) is 13.0 Å². The Kier molecular flexibility index (Phi) is 4.73. The van der Waals surface area contributed by atoms with E-state index in [1.165, 1.54) is 11.7 Å². The third-order valence-electron chi connectivity index (χ3n) is 4.81. The van der Waals surface area contributed by atoms with Crippen LogP contribution in [0.1, 0.15) is 29.9 Å². The maximum Gasteiger partial charge on any atom is 0.419 e. The normalized spacial score (nSPS) is 11.4. The largest absolute Gasteiger partial charge is 0.465 e. The van der Waals surface area contributed by atoms with Crippen molar-refractivity contribution in [3.05, 3.63) is 41.7 Å². The molecule has 0 fully saturated rings. The number of pyridine rings is 1. The number of carbonyl (C=O) groups is 2. The Morgan fingerprint density at radius 1 is 1.13 bits per heavy atom. The maximum absolute atomic E-state index is 13.0. The molecule has 30 heavy (non-hydrogen) atoms. The summed E-state index contributed by atoms with van der Waals surface area (Å²) in [4.78, 5) is 29.6. The van der Waals surface area contributed by atoms with Crippen LogP contribution in [0.3, 0.4) is 0 Å². The number of ether oxygens (including phenoxy) is 2. The van der Waals surface area contributed by atoms with E-state index in [2.05, 4.69) is 15.3 Å². The zero-order valence-electron chi connectivity index (χ0n) is 17.3. The van der Waals surface area contributed by atoms with Crippen molar-refractivity contribution in [1.29, 1.82) is 0 Å². The third kappa shape index (κ3) is 3.08. The third-order valence-corrected chi connectivity index (χ3v) is 4.81. The van der Waals surface area contributed by atoms with Crippen molar-refractivity contribution in [2.24, 2.45) is 7.05 Å². The Morgan fingerprint density at radius 2 is 1.90 bits per heavy atom. The zero-order valence-corrected chi connectivity index (χ0v) is 17.3. The van der Waals surface area contributed by atoms with Gasteiger partial charge in [0.2, 0.25) is 0 Å². The van der Waals surface area contributed by atoms with E-state index < -0.39 is 12.1 Å². The van der Waals surface area contributed by atoms with Gasteiger partial charge in [-0.3, -0.25) is 4.98 Å². The van der Waals surface area contributed by atoms with Crippen molar-refractivity contribution >= 4 is 34.0 Å². The van der Waals surface area contributed by atoms with Gasteiger partial charge in [-0.2, -0.15) is 0 Å². The number of nitrogens with zero attached hydrogens (tertiary/aromatic N) is 5. The molecule has 0 aliphatic carbocycles. The van der Waals surface area contributed by atoms with Crippen LogP contribution < -0.4 is 0 Å². The lowest BCUT2D eigenvalue weighted by molar-refractivity contribution is 0.0600. The van der Waals surface area contributed by atoms with Crippen molar-refractivity contribution in [2.75, 3.05) is 7.11 Å². The van der Waals surface area contributed by atoms with E-state index in [0.29, 0.717) is 22.1 Å². The molecule has 154 valence electrons. The fraction of sp³-hybridized carbons (Fsp3) is 0.286. The molecule has 3 aromatic heterocycles. The molecule has 0 saturated heterocycles. The molecular weight excluding hydrogens is 386 g/mol. The molecule has 0 unspecified atom stereocenters. The molecule has 0 atom stereocenters. The lowest BCUT2D eigenvalue weighted by atomic mass is 10.1. The number of esters is 1. The Hall–Kier alpha value is -3.75. The quantitative estimate of drug-likeness (QED) is 0.479. The predicted molar refractivity (Wildman–Crippen MR) is 110 cm³/mol. The van der Waals surface area contributed by atoms with Gasteiger partial charge in [0, 0.05) is 24.2 Å². The summed E-state index contributed by atoms with van der Waals surface area (Å²) >= 11 is 0. The van der Waals surface area contributed by atoms with Crippen LogP contribution in [0.5, 0.6) is 0 Å². The highest BCUT2D eigenvalue weighted by atomic mass is 16.6. The second-order valence-electron chi connectivity index (χ2n) is 7.23. The van der Waals surface area contributed by atoms with Gasteiger partial charge in [-0.1, -0.05) is 5.21 Å². The molecule has 0 bridgehead atoms. The van der Waals surface area contributed by atoms with Gasteiger partial charge in [-0.15, -0.1) is 5.10 Å². The lowest BCUT2D eigenvalue weighted by Crippen LogP contribution is -2.18. The second kappa shape index (κ2) is 7.25. The molecule has 0 radical (unpaired) electrons. The Bertz CT molecular complexity index is 1280. The molecule has 0 aliphatic heterocycles. The van der Waals surface area contributed by atoms with Crippen molar-refractivity contribution < 1.29 is 19.1 Å². The molecule has 0 N–H and O–H groups in total. The Morgan fingerprint density at radius 3 is 2.53 bits per heavy atom. The van der Waals surface area contributed by atoms with Crippen LogP contribution in [0.4, 0.5) is 4.79 Å². The number of rotatable bonds is 3. The molecule has 0 amide bonds. The average molecular weight is 407 g/mol. The Labute approximate surface area is 172 Å². The second-order valence-corrected chi connectivity index (χ2v) is 7.23. The van der Waals surface area contributed by atoms with E-state index >= 15 is 0 Å². The maximum atomic E-state index is 13.0. The van der Waals surface area contributed by atoms with E-state index in [1.54, 1.807) is 50.0 Å². The van der Waals surface area contributed by atoms with Gasteiger partial charge >= 0.3 is 12.1 Å². The summed E-state index contributed by atoms with van der Waals surface area (Å²) in [6.07, 6.45) is 0.860. The first-order valence-electron chi connectivity index (χ1n) is 9.42. The van der Waals surface area contributed by atoms with Crippen molar-refractivity contribution in [2.45, 2.75) is 26.9 Å². The minimum atomic E-state index is -0.550. The molecule has 4 aromatic rings. The van der Waals surface area contributed by atoms with Gasteiger partial charge in [-0.05, 0) is 45.0 Å². The first-order valence-corrected chi connectivity index (χ1v) is 9.42. The van der Waals surface area contributed by atoms with Gasteiger partial charge in [0.1, 0.15) is 0 Å². The van der Waals surface area contributed by atoms with Crippen molar-refractivity contribution in [3.8, 4) is 11.3 Å². The fourth-order valence-electron chi connectivity index (χ4n) is 3.56. The van der Waals surface area contributed by atoms with Crippen molar-refractivity contribution in [1.82, 2.24) is 24.5 Å². The molecule has 4 rings (SSSR count). The van der Waals surface area contributed by atoms with Crippen LogP contribution in [0.25, 0.3) is 33.2 Å². The van der Waals surface area contributed by atoms with Gasteiger partial charge in [-0.25, -0.2) is 18.8 Å². The standard InChI is InChI=1S/C21H21N5O4/c1-11(2)30-21(28)26-16-8-13(20(27)29-5)6-7-15(16)18-17(26)9-14(10-22-18)19-12(3)23-24-25(19)4/h6-11H,1-5H3. The van der Waals surface area contributed by atoms with Gasteiger partial charge in [0.25, 0.3) is 0 Å². The summed E-state index contributed by atoms with van der Waals surface area (Å²) in [6.45, 7) is 5.41. The SMILES string of the molecule is COC(=O)c1ccc2c3ncc(-c4c(C)nnn4C)cc3n(C(=O)OC(C)C)c2c1. The molecule has 1 aromatic carbocycles. The molecule has 0 spiro atoms. The summed E-state index contributed by atoms with van der Waals surface area (Å²) in [6, 6.07) is 6.87. The molecule has 9 nitrogen and oxygen atoms in total. The summed E-state index contributed by atoms with van der Waals surface area (Å²) < 4.78 is 13.4. The zero-order chi connectivity index (χ0) is 21.6. The minimum absolute atomic E-state index is 0.312. The monoisotopic (exact) mass is 407 g/mol. The smallest absolute Gasteiger partial charge is 0.419 e. The first kappa shape index (κ1) is 19.6. The minimum Gasteiger partial charge on any atom is -0.465 e. The van der Waals surface area contributed by atoms with Gasteiger partial charge < -0.3 is 9.47 Å². The van der Waals surface area contributed by atoms with E-state index in [-0.39, 0.29) is 6.10 Å². The number of aryl methyl sites for hydroxylation is 2. The van der Waals surface area contributed by atoms with Gasteiger partial charge in [0.05, 0.1) is 46.7 Å². The van der Waals surface area contributed by atoms with Gasteiger partial charge in [0.15, 0.2) is 0 Å². The molecular formula is C21H21N5O4. The number of benzene rings is 1. The van der Waals surface area contributed by atoms with Crippen LogP contribution in [-0.4, -0.2) is 49.8 Å². The van der Waals surface area contributed by atoms with Crippen LogP contribution in [0.2, 0.25) is 0 Å². The summed E-state index contributed by atoms with van der Waals surface area (Å²) in [5.74, 6) is -0.490. The fourth-order valence-corrected chi connectivity index (χ4v) is 3.56. The topological polar surface area (TPSA) is 101 Å².